The smallest absolute Gasteiger partial charge is 0.000717 e. The summed E-state index contributed by atoms with van der Waals surface area (Å²) < 4.78 is 0. The minimum atomic E-state index is 1.10. The molecule has 0 saturated heterocycles. The van der Waals surface area contributed by atoms with Gasteiger partial charge < -0.3 is 5.32 Å². The van der Waals surface area contributed by atoms with Gasteiger partial charge in [-0.15, -0.1) is 0 Å². The normalized spacial score (nSPS) is 16.3. The highest BCUT2D eigenvalue weighted by Crippen LogP contribution is 2.03. The van der Waals surface area contributed by atoms with Gasteiger partial charge in [0.1, 0.15) is 0 Å². The summed E-state index contributed by atoms with van der Waals surface area (Å²) in [5.41, 5.74) is 1.36. The van der Waals surface area contributed by atoms with Crippen molar-refractivity contribution in [3.63, 3.8) is 0 Å². The molecule has 0 aliphatic carbocycles. The first kappa shape index (κ1) is 6.14. The Kier molecular flexibility index (Phi) is 2.13. The molecule has 0 radical (unpaired) electrons. The Bertz CT molecular complexity index is 163. The summed E-state index contributed by atoms with van der Waals surface area (Å²) in [6, 6.07) is 0. The van der Waals surface area contributed by atoms with Crippen LogP contribution in [0.3, 0.4) is 0 Å². The second kappa shape index (κ2) is 3.13. The zero-order chi connectivity index (χ0) is 6.53. The highest BCUT2D eigenvalue weighted by molar-refractivity contribution is 5.25. The Hall–Kier alpha value is -0.980. The van der Waals surface area contributed by atoms with E-state index in [-0.39, 0.29) is 0 Å². The Labute approximate surface area is 55.8 Å². The van der Waals surface area contributed by atoms with Crippen molar-refractivity contribution < 1.29 is 0 Å². The zero-order valence-electron chi connectivity index (χ0n) is 5.59. The van der Waals surface area contributed by atoms with Crippen molar-refractivity contribution in [2.24, 2.45) is 0 Å². The van der Waals surface area contributed by atoms with Crippen molar-refractivity contribution >= 4 is 0 Å². The van der Waals surface area contributed by atoms with Gasteiger partial charge in [0, 0.05) is 12.4 Å². The van der Waals surface area contributed by atoms with Crippen molar-refractivity contribution in [3.8, 4) is 0 Å². The Morgan fingerprint density at radius 1 is 1.44 bits per heavy atom. The molecule has 1 rings (SSSR count). The van der Waals surface area contributed by atoms with Crippen molar-refractivity contribution in [2.45, 2.75) is 13.3 Å². The van der Waals surface area contributed by atoms with Gasteiger partial charge in [0.25, 0.3) is 0 Å². The van der Waals surface area contributed by atoms with Gasteiger partial charge in [0.2, 0.25) is 0 Å². The number of hydrogen-bond donors (Lipinski definition) is 1. The van der Waals surface area contributed by atoms with E-state index in [0.717, 1.165) is 6.42 Å². The van der Waals surface area contributed by atoms with Gasteiger partial charge in [-0.25, -0.2) is 0 Å². The molecular weight excluding hydrogens is 110 g/mol. The van der Waals surface area contributed by atoms with Crippen LogP contribution in [-0.2, 0) is 0 Å². The lowest BCUT2D eigenvalue weighted by atomic mass is 10.2. The molecule has 0 atom stereocenters. The minimum Gasteiger partial charge on any atom is -0.368 e. The van der Waals surface area contributed by atoms with Crippen LogP contribution in [0.1, 0.15) is 13.3 Å². The maximum atomic E-state index is 3.00. The summed E-state index contributed by atoms with van der Waals surface area (Å²) in [6.07, 6.45) is 11.2. The first-order valence-corrected chi connectivity index (χ1v) is 3.22. The molecule has 1 heterocycles. The first-order chi connectivity index (χ1) is 4.43. The van der Waals surface area contributed by atoms with Crippen molar-refractivity contribution in [1.82, 2.24) is 5.32 Å². The van der Waals surface area contributed by atoms with Crippen LogP contribution >= 0.6 is 0 Å². The molecule has 0 fully saturated rings. The molecule has 0 saturated carbocycles. The third-order valence-corrected chi connectivity index (χ3v) is 1.30. The van der Waals surface area contributed by atoms with Gasteiger partial charge in [0.15, 0.2) is 0 Å². The zero-order valence-corrected chi connectivity index (χ0v) is 5.59. The Morgan fingerprint density at radius 3 is 3.11 bits per heavy atom. The van der Waals surface area contributed by atoms with E-state index in [4.69, 9.17) is 0 Å². The predicted molar refractivity (Wildman–Crippen MR) is 39.8 cm³/mol. The molecule has 9 heavy (non-hydrogen) atoms. The van der Waals surface area contributed by atoms with Gasteiger partial charge in [-0.3, -0.25) is 0 Å². The molecule has 0 aromatic rings. The highest BCUT2D eigenvalue weighted by atomic mass is 14.8. The lowest BCUT2D eigenvalue weighted by molar-refractivity contribution is 1.14. The molecule has 48 valence electrons. The van der Waals surface area contributed by atoms with E-state index >= 15 is 0 Å². The number of rotatable bonds is 1. The topological polar surface area (TPSA) is 12.0 Å². The van der Waals surface area contributed by atoms with Crippen molar-refractivity contribution in [3.05, 3.63) is 36.2 Å². The van der Waals surface area contributed by atoms with Crippen LogP contribution in [0.4, 0.5) is 0 Å². The van der Waals surface area contributed by atoms with E-state index < -0.39 is 0 Å². The van der Waals surface area contributed by atoms with Crippen LogP contribution in [0.5, 0.6) is 0 Å². The Morgan fingerprint density at radius 2 is 2.33 bits per heavy atom. The van der Waals surface area contributed by atoms with E-state index in [1.54, 1.807) is 0 Å². The van der Waals surface area contributed by atoms with E-state index in [1.807, 2.05) is 18.5 Å². The summed E-state index contributed by atoms with van der Waals surface area (Å²) in [7, 11) is 0. The summed E-state index contributed by atoms with van der Waals surface area (Å²) in [4.78, 5) is 0. The van der Waals surface area contributed by atoms with Gasteiger partial charge in [-0.05, 0) is 24.1 Å². The predicted octanol–water partition coefficient (Wildman–Crippen LogP) is 1.95. The molecule has 1 N–H and O–H groups in total. The minimum absolute atomic E-state index is 1.10. The molecule has 1 aliphatic heterocycles. The third-order valence-electron chi connectivity index (χ3n) is 1.30. The first-order valence-electron chi connectivity index (χ1n) is 3.22. The number of hydrogen-bond acceptors (Lipinski definition) is 1. The second-order valence-corrected chi connectivity index (χ2v) is 1.95. The van der Waals surface area contributed by atoms with Gasteiger partial charge in [-0.1, -0.05) is 13.0 Å². The fraction of sp³-hybridized carbons (Fsp3) is 0.250. The fourth-order valence-electron chi connectivity index (χ4n) is 0.729. The molecule has 1 heteroatoms. The lowest BCUT2D eigenvalue weighted by Gasteiger charge is -1.89. The van der Waals surface area contributed by atoms with E-state index in [2.05, 4.69) is 24.4 Å². The van der Waals surface area contributed by atoms with Crippen LogP contribution in [-0.4, -0.2) is 0 Å². The van der Waals surface area contributed by atoms with Gasteiger partial charge >= 0.3 is 0 Å². The number of allylic oxidation sites excluding steroid dienone is 4. The molecule has 0 spiro atoms. The van der Waals surface area contributed by atoms with Crippen LogP contribution < -0.4 is 5.32 Å². The van der Waals surface area contributed by atoms with E-state index in [0.29, 0.717) is 0 Å². The summed E-state index contributed by atoms with van der Waals surface area (Å²) in [6.45, 7) is 2.15. The maximum Gasteiger partial charge on any atom is 0.000717 e. The van der Waals surface area contributed by atoms with Crippen LogP contribution in [0.25, 0.3) is 0 Å². The molecule has 0 aromatic heterocycles. The van der Waals surface area contributed by atoms with Crippen molar-refractivity contribution in [1.29, 1.82) is 0 Å². The highest BCUT2D eigenvalue weighted by Gasteiger charge is 1.85. The molecule has 1 aliphatic rings. The molecule has 1 nitrogen and oxygen atoms in total. The molecule has 0 unspecified atom stereocenters. The molecule has 0 bridgehead atoms. The van der Waals surface area contributed by atoms with E-state index in [9.17, 15) is 0 Å². The van der Waals surface area contributed by atoms with E-state index in [1.165, 1.54) is 5.57 Å². The summed E-state index contributed by atoms with van der Waals surface area (Å²) >= 11 is 0. The quantitative estimate of drug-likeness (QED) is 0.559. The summed E-state index contributed by atoms with van der Waals surface area (Å²) in [5.74, 6) is 0. The van der Waals surface area contributed by atoms with Crippen LogP contribution in [0.15, 0.2) is 36.2 Å². The number of nitrogens with one attached hydrogen (secondary N) is 1. The standard InChI is InChI=1S/C8H11N/c1-2-8-4-3-6-9-7-5-8/h3-7,9H,2H2,1H3. The monoisotopic (exact) mass is 121 g/mol. The van der Waals surface area contributed by atoms with Gasteiger partial charge in [0.05, 0.1) is 0 Å². The summed E-state index contributed by atoms with van der Waals surface area (Å²) in [5, 5.41) is 3.00. The molecule has 0 aromatic carbocycles. The lowest BCUT2D eigenvalue weighted by Crippen LogP contribution is -1.88. The average Bonchev–Trinajstić information content (AvgIpc) is 2.13. The maximum absolute atomic E-state index is 3.00. The third kappa shape index (κ3) is 1.76. The largest absolute Gasteiger partial charge is 0.368 e. The fourth-order valence-corrected chi connectivity index (χ4v) is 0.729. The van der Waals surface area contributed by atoms with Crippen LogP contribution in [0.2, 0.25) is 0 Å². The SMILES string of the molecule is CCC1=CC=CNC=C1. The molecular formula is C8H11N. The second-order valence-electron chi connectivity index (χ2n) is 1.95. The van der Waals surface area contributed by atoms with Crippen LogP contribution in [0, 0.1) is 0 Å². The van der Waals surface area contributed by atoms with Crippen molar-refractivity contribution in [2.75, 3.05) is 0 Å². The van der Waals surface area contributed by atoms with Gasteiger partial charge in [-0.2, -0.15) is 0 Å². The average molecular weight is 121 g/mol. The Balaban J connectivity index is 2.67. The molecule has 0 amide bonds.